The number of hydrazone groups is 1. The van der Waals surface area contributed by atoms with Crippen molar-refractivity contribution in [1.29, 1.82) is 0 Å². The zero-order valence-electron chi connectivity index (χ0n) is 22.5. The van der Waals surface area contributed by atoms with E-state index in [0.29, 0.717) is 48.4 Å². The summed E-state index contributed by atoms with van der Waals surface area (Å²) in [5.74, 6) is -0.438. The zero-order chi connectivity index (χ0) is 30.7. The molecule has 218 valence electrons. The highest BCUT2D eigenvalue weighted by molar-refractivity contribution is 9.10. The summed E-state index contributed by atoms with van der Waals surface area (Å²) < 4.78 is 16.9. The molecule has 0 bridgehead atoms. The van der Waals surface area contributed by atoms with Gasteiger partial charge in [0.25, 0.3) is 5.91 Å². The van der Waals surface area contributed by atoms with E-state index in [0.717, 1.165) is 4.47 Å². The Hall–Kier alpha value is -4.02. The van der Waals surface area contributed by atoms with E-state index in [-0.39, 0.29) is 22.8 Å². The minimum Gasteiger partial charge on any atom is -0.496 e. The van der Waals surface area contributed by atoms with Crippen molar-refractivity contribution in [3.05, 3.63) is 109 Å². The maximum Gasteiger partial charge on any atom is 0.347 e. The lowest BCUT2D eigenvalue weighted by Gasteiger charge is -2.12. The Labute approximate surface area is 269 Å². The molecule has 0 aliphatic rings. The number of hydrogen-bond donors (Lipinski definition) is 2. The van der Waals surface area contributed by atoms with Crippen LogP contribution >= 0.6 is 50.7 Å². The first kappa shape index (κ1) is 30.4. The van der Waals surface area contributed by atoms with Crippen LogP contribution in [-0.2, 0) is 0 Å². The Kier molecular flexibility index (Phi) is 9.27. The molecule has 0 unspecified atom stereocenters. The quantitative estimate of drug-likeness (QED) is 0.0731. The van der Waals surface area contributed by atoms with Gasteiger partial charge >= 0.3 is 5.97 Å². The first-order valence-electron chi connectivity index (χ1n) is 12.5. The number of amides is 1. The normalized spacial score (nSPS) is 11.1. The molecule has 4 aromatic carbocycles. The van der Waals surface area contributed by atoms with Gasteiger partial charge in [-0.05, 0) is 60.2 Å². The van der Waals surface area contributed by atoms with Gasteiger partial charge in [0, 0.05) is 31.0 Å². The van der Waals surface area contributed by atoms with E-state index in [1.54, 1.807) is 42.5 Å². The fourth-order valence-electron chi connectivity index (χ4n) is 4.40. The van der Waals surface area contributed by atoms with Gasteiger partial charge in [0.05, 0.1) is 31.0 Å². The first-order valence-corrected chi connectivity index (χ1v) is 14.5. The highest BCUT2D eigenvalue weighted by atomic mass is 79.9. The summed E-state index contributed by atoms with van der Waals surface area (Å²) in [6.45, 7) is 0. The molecule has 1 amide bonds. The van der Waals surface area contributed by atoms with Crippen molar-refractivity contribution in [2.24, 2.45) is 5.10 Å². The fourth-order valence-corrected chi connectivity index (χ4v) is 5.66. The van der Waals surface area contributed by atoms with Gasteiger partial charge in [-0.15, -0.1) is 0 Å². The molecule has 0 aliphatic carbocycles. The van der Waals surface area contributed by atoms with Gasteiger partial charge < -0.3 is 19.2 Å². The maximum absolute atomic E-state index is 13.4. The molecule has 1 heterocycles. The number of esters is 1. The predicted octanol–water partition coefficient (Wildman–Crippen LogP) is 8.56. The monoisotopic (exact) mass is 699 g/mol. The second kappa shape index (κ2) is 13.1. The molecule has 5 aromatic rings. The topological polar surface area (TPSA) is 102 Å². The third-order valence-corrected chi connectivity index (χ3v) is 7.67. The van der Waals surface area contributed by atoms with Crippen molar-refractivity contribution in [2.75, 3.05) is 14.2 Å². The molecule has 0 spiro atoms. The molecule has 1 aromatic heterocycles. The average molecular weight is 702 g/mol. The third-order valence-electron chi connectivity index (χ3n) is 6.35. The van der Waals surface area contributed by atoms with Crippen LogP contribution in [0, 0.1) is 0 Å². The summed E-state index contributed by atoms with van der Waals surface area (Å²) >= 11 is 22.5. The second-order valence-corrected chi connectivity index (χ2v) is 11.2. The van der Waals surface area contributed by atoms with Gasteiger partial charge in [-0.25, -0.2) is 10.2 Å². The first-order chi connectivity index (χ1) is 20.7. The number of fused-ring (bicyclic) bond motifs is 1. The number of benzene rings is 4. The van der Waals surface area contributed by atoms with Crippen molar-refractivity contribution in [2.45, 2.75) is 0 Å². The molecule has 8 nitrogen and oxygen atoms in total. The molecule has 2 N–H and O–H groups in total. The van der Waals surface area contributed by atoms with Gasteiger partial charge in [-0.2, -0.15) is 5.10 Å². The summed E-state index contributed by atoms with van der Waals surface area (Å²) in [5.41, 5.74) is 5.32. The van der Waals surface area contributed by atoms with E-state index in [2.05, 4.69) is 31.4 Å². The number of aromatic amines is 1. The highest BCUT2D eigenvalue weighted by Gasteiger charge is 2.23. The Bertz CT molecular complexity index is 1910. The molecule has 0 radical (unpaired) electrons. The van der Waals surface area contributed by atoms with Crippen molar-refractivity contribution >= 4 is 79.7 Å². The van der Waals surface area contributed by atoms with Crippen LogP contribution < -0.4 is 19.6 Å². The molecule has 5 rings (SSSR count). The van der Waals surface area contributed by atoms with Crippen LogP contribution in [-0.4, -0.2) is 37.3 Å². The summed E-state index contributed by atoms with van der Waals surface area (Å²) in [5, 5.41) is 6.09. The lowest BCUT2D eigenvalue weighted by Crippen LogP contribution is -2.19. The van der Waals surface area contributed by atoms with E-state index in [1.807, 2.05) is 24.3 Å². The molecule has 0 fully saturated rings. The van der Waals surface area contributed by atoms with Crippen LogP contribution in [0.5, 0.6) is 17.2 Å². The zero-order valence-corrected chi connectivity index (χ0v) is 26.4. The Morgan fingerprint density at radius 2 is 1.63 bits per heavy atom. The van der Waals surface area contributed by atoms with Crippen molar-refractivity contribution in [1.82, 2.24) is 10.4 Å². The van der Waals surface area contributed by atoms with Crippen LogP contribution in [0.3, 0.4) is 0 Å². The Morgan fingerprint density at radius 1 is 0.884 bits per heavy atom. The van der Waals surface area contributed by atoms with E-state index in [9.17, 15) is 9.59 Å². The average Bonchev–Trinajstić information content (AvgIpc) is 3.37. The number of H-pyrrole nitrogens is 1. The van der Waals surface area contributed by atoms with Gasteiger partial charge in [0.2, 0.25) is 0 Å². The predicted molar refractivity (Wildman–Crippen MR) is 172 cm³/mol. The van der Waals surface area contributed by atoms with Gasteiger partial charge in [0.15, 0.2) is 11.5 Å². The van der Waals surface area contributed by atoms with E-state index in [4.69, 9.17) is 49.0 Å². The number of carbonyl (C=O) groups is 2. The Morgan fingerprint density at radius 3 is 2.37 bits per heavy atom. The third kappa shape index (κ3) is 6.50. The smallest absolute Gasteiger partial charge is 0.347 e. The highest BCUT2D eigenvalue weighted by Crippen LogP contribution is 2.40. The molecule has 43 heavy (non-hydrogen) atoms. The minimum atomic E-state index is -0.675. The summed E-state index contributed by atoms with van der Waals surface area (Å²) in [6.07, 6.45) is 1.42. The van der Waals surface area contributed by atoms with Crippen LogP contribution in [0.25, 0.3) is 22.0 Å². The van der Waals surface area contributed by atoms with Gasteiger partial charge in [0.1, 0.15) is 17.0 Å². The van der Waals surface area contributed by atoms with Crippen molar-refractivity contribution in [3.8, 4) is 28.4 Å². The van der Waals surface area contributed by atoms with Crippen LogP contribution in [0.2, 0.25) is 15.1 Å². The standard InChI is InChI=1S/C31H21BrCl3N3O5/c1-41-24-10-8-18(33)14-20(24)31(40)43-25-9-7-16(11-26(25)42-2)15-36-38-30(39)29-27(19-5-3-4-6-22(19)34)21-12-17(32)13-23(35)28(21)37-29/h3-15,37H,1-2H3,(H,38,39). The molecule has 0 aliphatic heterocycles. The van der Waals surface area contributed by atoms with Crippen LogP contribution in [0.15, 0.2) is 82.4 Å². The molecular formula is C31H21BrCl3N3O5. The number of nitrogens with one attached hydrogen (secondary N) is 2. The van der Waals surface area contributed by atoms with Gasteiger partial charge in [-0.1, -0.05) is 68.9 Å². The minimum absolute atomic E-state index is 0.159. The lowest BCUT2D eigenvalue weighted by molar-refractivity contribution is 0.0726. The molecular weight excluding hydrogens is 681 g/mol. The second-order valence-electron chi connectivity index (χ2n) is 9.01. The fraction of sp³-hybridized carbons (Fsp3) is 0.0645. The largest absolute Gasteiger partial charge is 0.496 e. The van der Waals surface area contributed by atoms with Crippen molar-refractivity contribution in [3.63, 3.8) is 0 Å². The SMILES string of the molecule is COc1cc(C=NNC(=O)c2[nH]c3c(Cl)cc(Br)cc3c2-c2ccccc2Cl)ccc1OC(=O)c1cc(Cl)ccc1OC. The number of aromatic nitrogens is 1. The lowest BCUT2D eigenvalue weighted by atomic mass is 10.0. The number of halogens is 4. The molecule has 0 saturated heterocycles. The Balaban J connectivity index is 1.39. The summed E-state index contributed by atoms with van der Waals surface area (Å²) in [6, 6.07) is 20.2. The molecule has 0 saturated carbocycles. The summed E-state index contributed by atoms with van der Waals surface area (Å²) in [7, 11) is 2.88. The van der Waals surface area contributed by atoms with E-state index >= 15 is 0 Å². The van der Waals surface area contributed by atoms with Crippen LogP contribution in [0.4, 0.5) is 0 Å². The van der Waals surface area contributed by atoms with E-state index in [1.165, 1.54) is 26.5 Å². The molecule has 0 atom stereocenters. The number of rotatable bonds is 8. The van der Waals surface area contributed by atoms with E-state index < -0.39 is 11.9 Å². The number of nitrogens with zero attached hydrogens (tertiary/aromatic N) is 1. The van der Waals surface area contributed by atoms with Crippen molar-refractivity contribution < 1.29 is 23.8 Å². The number of ether oxygens (including phenoxy) is 3. The number of methoxy groups -OCH3 is 2. The number of carbonyl (C=O) groups excluding carboxylic acids is 2. The maximum atomic E-state index is 13.4. The summed E-state index contributed by atoms with van der Waals surface area (Å²) in [4.78, 5) is 29.3. The number of hydrogen-bond acceptors (Lipinski definition) is 6. The molecule has 12 heteroatoms. The van der Waals surface area contributed by atoms with Gasteiger partial charge in [-0.3, -0.25) is 4.79 Å². The van der Waals surface area contributed by atoms with Crippen LogP contribution in [0.1, 0.15) is 26.4 Å².